The van der Waals surface area contributed by atoms with Crippen molar-refractivity contribution in [1.29, 1.82) is 0 Å². The first kappa shape index (κ1) is 18.8. The number of carbonyl (C=O) groups excluding carboxylic acids is 3. The lowest BCUT2D eigenvalue weighted by Gasteiger charge is -2.28. The molecule has 0 spiro atoms. The van der Waals surface area contributed by atoms with Crippen LogP contribution in [0.15, 0.2) is 54.6 Å². The first-order chi connectivity index (χ1) is 13.9. The molecule has 1 aliphatic heterocycles. The lowest BCUT2D eigenvalue weighted by Crippen LogP contribution is -2.43. The Kier molecular flexibility index (Phi) is 4.64. The molecule has 3 aromatic rings. The maximum Gasteiger partial charge on any atom is 0.261 e. The topological polar surface area (TPSA) is 83.7 Å². The lowest BCUT2D eigenvalue weighted by molar-refractivity contribution is 0.0601. The second-order valence-corrected chi connectivity index (χ2v) is 7.40. The van der Waals surface area contributed by atoms with E-state index >= 15 is 0 Å². The van der Waals surface area contributed by atoms with Gasteiger partial charge in [-0.2, -0.15) is 0 Å². The van der Waals surface area contributed by atoms with Crippen LogP contribution >= 0.6 is 0 Å². The molecule has 0 aromatic heterocycles. The Hall–Kier alpha value is -3.51. The van der Waals surface area contributed by atoms with Gasteiger partial charge in [-0.3, -0.25) is 19.3 Å². The number of primary amides is 1. The summed E-state index contributed by atoms with van der Waals surface area (Å²) in [5.74, 6) is -1.13. The predicted octanol–water partition coefficient (Wildman–Crippen LogP) is 2.76. The highest BCUT2D eigenvalue weighted by atomic mass is 16.2. The second kappa shape index (κ2) is 7.14. The van der Waals surface area contributed by atoms with E-state index in [4.69, 9.17) is 5.73 Å². The number of rotatable bonds is 5. The summed E-state index contributed by atoms with van der Waals surface area (Å²) in [4.78, 5) is 41.3. The van der Waals surface area contributed by atoms with Crippen molar-refractivity contribution >= 4 is 28.5 Å². The molecule has 0 fully saturated rings. The van der Waals surface area contributed by atoms with Crippen molar-refractivity contribution in [1.82, 2.24) is 9.80 Å². The minimum absolute atomic E-state index is 0.278. The Morgan fingerprint density at radius 1 is 0.931 bits per heavy atom. The van der Waals surface area contributed by atoms with Gasteiger partial charge >= 0.3 is 0 Å². The van der Waals surface area contributed by atoms with E-state index in [1.54, 1.807) is 30.3 Å². The van der Waals surface area contributed by atoms with Crippen LogP contribution in [0, 0.1) is 0 Å². The summed E-state index contributed by atoms with van der Waals surface area (Å²) in [5, 5.41) is 1.44. The average molecular weight is 387 g/mol. The monoisotopic (exact) mass is 387 g/mol. The van der Waals surface area contributed by atoms with E-state index in [1.165, 1.54) is 4.90 Å². The Bertz CT molecular complexity index is 1170. The van der Waals surface area contributed by atoms with Crippen LogP contribution < -0.4 is 5.73 Å². The van der Waals surface area contributed by atoms with Crippen LogP contribution in [0.3, 0.4) is 0 Å². The third-order valence-corrected chi connectivity index (χ3v) is 5.20. The van der Waals surface area contributed by atoms with Crippen molar-refractivity contribution in [3.05, 3.63) is 71.3 Å². The quantitative estimate of drug-likeness (QED) is 0.683. The summed E-state index contributed by atoms with van der Waals surface area (Å²) in [7, 11) is 3.79. The first-order valence-electron chi connectivity index (χ1n) is 9.35. The minimum Gasteiger partial charge on any atom is -0.366 e. The fourth-order valence-electron chi connectivity index (χ4n) is 3.77. The number of hydrogen-bond acceptors (Lipinski definition) is 4. The van der Waals surface area contributed by atoms with Gasteiger partial charge < -0.3 is 10.6 Å². The Labute approximate surface area is 168 Å². The third kappa shape index (κ3) is 3.17. The van der Waals surface area contributed by atoms with Crippen LogP contribution in [0.4, 0.5) is 0 Å². The molecule has 0 unspecified atom stereocenters. The zero-order valence-electron chi connectivity index (χ0n) is 16.3. The predicted molar refractivity (Wildman–Crippen MR) is 112 cm³/mol. The summed E-state index contributed by atoms with van der Waals surface area (Å²) in [6.45, 7) is 0.885. The molecule has 0 atom stereocenters. The fraction of sp³-hybridized carbons (Fsp3) is 0.174. The molecule has 146 valence electrons. The summed E-state index contributed by atoms with van der Waals surface area (Å²) in [5.41, 5.74) is 8.29. The highest BCUT2D eigenvalue weighted by Gasteiger charge is 2.33. The molecule has 1 heterocycles. The van der Waals surface area contributed by atoms with Gasteiger partial charge in [-0.25, -0.2) is 0 Å². The number of nitrogens with zero attached hydrogens (tertiary/aromatic N) is 2. The van der Waals surface area contributed by atoms with E-state index < -0.39 is 5.91 Å². The molecule has 3 aromatic carbocycles. The molecular formula is C23H21N3O3. The molecule has 6 heteroatoms. The van der Waals surface area contributed by atoms with Crippen LogP contribution in [-0.2, 0) is 0 Å². The smallest absolute Gasteiger partial charge is 0.261 e. The van der Waals surface area contributed by atoms with E-state index in [1.807, 2.05) is 43.3 Å². The number of nitrogens with two attached hydrogens (primary N) is 1. The SMILES string of the molecule is CN(C)CCN1C(=O)c2cccc3cc(-c4ccccc4C(N)=O)cc(c23)C1=O. The Balaban J connectivity index is 1.92. The third-order valence-electron chi connectivity index (χ3n) is 5.20. The molecule has 1 aliphatic rings. The van der Waals surface area contributed by atoms with E-state index in [0.29, 0.717) is 46.3 Å². The van der Waals surface area contributed by atoms with E-state index in [2.05, 4.69) is 0 Å². The van der Waals surface area contributed by atoms with E-state index in [-0.39, 0.29) is 11.8 Å². The molecule has 6 nitrogen and oxygen atoms in total. The standard InChI is InChI=1S/C23H21N3O3/c1-25(2)10-11-26-22(28)18-9-5-6-14-12-15(13-19(20(14)18)23(26)29)16-7-3-4-8-17(16)21(24)27/h3-9,12-13H,10-11H2,1-2H3,(H2,24,27). The van der Waals surface area contributed by atoms with Crippen LogP contribution in [0.1, 0.15) is 31.1 Å². The summed E-state index contributed by atoms with van der Waals surface area (Å²) < 4.78 is 0. The van der Waals surface area contributed by atoms with Crippen molar-refractivity contribution in [3.63, 3.8) is 0 Å². The summed E-state index contributed by atoms with van der Waals surface area (Å²) in [6.07, 6.45) is 0. The van der Waals surface area contributed by atoms with Gasteiger partial charge in [0.05, 0.1) is 0 Å². The van der Waals surface area contributed by atoms with Crippen LogP contribution in [0.25, 0.3) is 21.9 Å². The molecule has 0 radical (unpaired) electrons. The normalized spacial score (nSPS) is 13.4. The van der Waals surface area contributed by atoms with Gasteiger partial charge in [-0.05, 0) is 54.9 Å². The van der Waals surface area contributed by atoms with Crippen LogP contribution in [-0.4, -0.2) is 54.7 Å². The first-order valence-corrected chi connectivity index (χ1v) is 9.35. The molecule has 2 N–H and O–H groups in total. The van der Waals surface area contributed by atoms with Gasteiger partial charge in [0.1, 0.15) is 0 Å². The molecule has 29 heavy (non-hydrogen) atoms. The van der Waals surface area contributed by atoms with Crippen LogP contribution in [0.5, 0.6) is 0 Å². The van der Waals surface area contributed by atoms with Crippen molar-refractivity contribution in [2.24, 2.45) is 5.73 Å². The molecule has 0 saturated heterocycles. The highest BCUT2D eigenvalue weighted by molar-refractivity contribution is 6.26. The van der Waals surface area contributed by atoms with Gasteiger partial charge in [0.2, 0.25) is 5.91 Å². The Morgan fingerprint density at radius 2 is 1.62 bits per heavy atom. The summed E-state index contributed by atoms with van der Waals surface area (Å²) in [6, 6.07) is 16.1. The summed E-state index contributed by atoms with van der Waals surface area (Å²) >= 11 is 0. The van der Waals surface area contributed by atoms with E-state index in [9.17, 15) is 14.4 Å². The highest BCUT2D eigenvalue weighted by Crippen LogP contribution is 2.35. The number of imide groups is 1. The van der Waals surface area contributed by atoms with Gasteiger partial charge in [-0.15, -0.1) is 0 Å². The number of hydrogen-bond donors (Lipinski definition) is 1. The van der Waals surface area contributed by atoms with Crippen molar-refractivity contribution in [3.8, 4) is 11.1 Å². The Morgan fingerprint density at radius 3 is 2.34 bits per heavy atom. The second-order valence-electron chi connectivity index (χ2n) is 7.40. The number of carbonyl (C=O) groups is 3. The number of amides is 3. The van der Waals surface area contributed by atoms with Gasteiger partial charge in [-0.1, -0.05) is 30.3 Å². The molecule has 0 aliphatic carbocycles. The van der Waals surface area contributed by atoms with Crippen LogP contribution in [0.2, 0.25) is 0 Å². The lowest BCUT2D eigenvalue weighted by atomic mass is 9.89. The molecule has 0 bridgehead atoms. The van der Waals surface area contributed by atoms with E-state index in [0.717, 1.165) is 5.39 Å². The van der Waals surface area contributed by atoms with Crippen molar-refractivity contribution < 1.29 is 14.4 Å². The molecule has 0 saturated carbocycles. The zero-order chi connectivity index (χ0) is 20.7. The molecule has 4 rings (SSSR count). The van der Waals surface area contributed by atoms with Crippen molar-refractivity contribution in [2.45, 2.75) is 0 Å². The number of likely N-dealkylation sites (N-methyl/N-ethyl adjacent to an activating group) is 1. The number of benzene rings is 3. The fourth-order valence-corrected chi connectivity index (χ4v) is 3.77. The maximum atomic E-state index is 13.2. The zero-order valence-corrected chi connectivity index (χ0v) is 16.3. The molecular weight excluding hydrogens is 366 g/mol. The van der Waals surface area contributed by atoms with Crippen molar-refractivity contribution in [2.75, 3.05) is 27.2 Å². The largest absolute Gasteiger partial charge is 0.366 e. The van der Waals surface area contributed by atoms with Gasteiger partial charge in [0.15, 0.2) is 0 Å². The minimum atomic E-state index is -0.530. The van der Waals surface area contributed by atoms with Gasteiger partial charge in [0.25, 0.3) is 11.8 Å². The maximum absolute atomic E-state index is 13.2. The average Bonchev–Trinajstić information content (AvgIpc) is 2.71. The molecule has 3 amide bonds. The van der Waals surface area contributed by atoms with Gasteiger partial charge in [0, 0.05) is 35.2 Å².